The van der Waals surface area contributed by atoms with Crippen LogP contribution in [0.2, 0.25) is 6.04 Å². The Kier molecular flexibility index (Phi) is 21.7. The van der Waals surface area contributed by atoms with Crippen molar-refractivity contribution >= 4 is 15.8 Å². The summed E-state index contributed by atoms with van der Waals surface area (Å²) in [6, 6.07) is 1.39. The molecule has 0 aromatic heterocycles. The fourth-order valence-corrected chi connectivity index (χ4v) is 2.33. The zero-order valence-corrected chi connectivity index (χ0v) is 11.6. The molecule has 0 radical (unpaired) electrons. The van der Waals surface area contributed by atoms with Crippen molar-refractivity contribution in [3.63, 3.8) is 0 Å². The summed E-state index contributed by atoms with van der Waals surface area (Å²) < 4.78 is 5.59. The van der Waals surface area contributed by atoms with Crippen molar-refractivity contribution in [3.8, 4) is 0 Å². The average molecular weight is 231 g/mol. The molecule has 0 aliphatic heterocycles. The molecule has 4 heteroatoms. The van der Waals surface area contributed by atoms with Crippen LogP contribution in [-0.4, -0.2) is 22.4 Å². The molecular formula is C11H25NO2Si. The predicted octanol–water partition coefficient (Wildman–Crippen LogP) is 2.79. The highest BCUT2D eigenvalue weighted by Crippen LogP contribution is 2.02. The lowest BCUT2D eigenvalue weighted by Gasteiger charge is -2.01. The minimum absolute atomic E-state index is 0.137. The molecule has 0 fully saturated rings. The van der Waals surface area contributed by atoms with Gasteiger partial charge < -0.3 is 4.43 Å². The first-order chi connectivity index (χ1) is 7.33. The molecule has 3 nitrogen and oxygen atoms in total. The van der Waals surface area contributed by atoms with Crippen LogP contribution in [0.4, 0.5) is 0 Å². The molecule has 0 saturated heterocycles. The van der Waals surface area contributed by atoms with E-state index in [0.717, 1.165) is 12.7 Å². The van der Waals surface area contributed by atoms with Gasteiger partial charge in [0.25, 0.3) is 0 Å². The molecule has 0 aliphatic carbocycles. The van der Waals surface area contributed by atoms with Crippen molar-refractivity contribution in [2.75, 3.05) is 6.61 Å². The van der Waals surface area contributed by atoms with Crippen LogP contribution in [0.3, 0.4) is 0 Å². The van der Waals surface area contributed by atoms with E-state index in [1.54, 1.807) is 0 Å². The summed E-state index contributed by atoms with van der Waals surface area (Å²) in [4.78, 5) is 8.35. The fourth-order valence-electron chi connectivity index (χ4n) is 1.16. The van der Waals surface area contributed by atoms with Gasteiger partial charge in [-0.25, -0.2) is 10.2 Å². The van der Waals surface area contributed by atoms with Crippen molar-refractivity contribution in [2.24, 2.45) is 0 Å². The quantitative estimate of drug-likeness (QED) is 0.287. The van der Waals surface area contributed by atoms with Gasteiger partial charge in [0.15, 0.2) is 9.76 Å². The molecule has 1 N–H and O–H groups in total. The predicted molar refractivity (Wildman–Crippen MR) is 66.8 cm³/mol. The lowest BCUT2D eigenvalue weighted by molar-refractivity contribution is 0.325. The Morgan fingerprint density at radius 3 is 2.27 bits per heavy atom. The second-order valence-corrected chi connectivity index (χ2v) is 5.01. The van der Waals surface area contributed by atoms with Crippen LogP contribution in [0, 0.1) is 5.41 Å². The van der Waals surface area contributed by atoms with Gasteiger partial charge >= 0.3 is 0 Å². The number of hydrogen-bond donors (Lipinski definition) is 1. The number of hydrogen-bond acceptors (Lipinski definition) is 3. The SMILES string of the molecule is CCCCCC[SiH2]OCCCC.N=C=O. The van der Waals surface area contributed by atoms with Gasteiger partial charge in [0, 0.05) is 6.61 Å². The molecule has 0 bridgehead atoms. The highest BCUT2D eigenvalue weighted by atomic mass is 28.2. The highest BCUT2D eigenvalue weighted by molar-refractivity contribution is 6.26. The lowest BCUT2D eigenvalue weighted by atomic mass is 10.2. The molecule has 0 saturated carbocycles. The van der Waals surface area contributed by atoms with Crippen LogP contribution in [0.25, 0.3) is 0 Å². The molecule has 15 heavy (non-hydrogen) atoms. The topological polar surface area (TPSA) is 50.1 Å². The van der Waals surface area contributed by atoms with Crippen LogP contribution in [-0.2, 0) is 9.22 Å². The third-order valence-electron chi connectivity index (χ3n) is 2.03. The third-order valence-corrected chi connectivity index (χ3v) is 3.40. The number of nitrogens with one attached hydrogen (secondary N) is 1. The van der Waals surface area contributed by atoms with Gasteiger partial charge in [-0.05, 0) is 12.5 Å². The monoisotopic (exact) mass is 231 g/mol. The van der Waals surface area contributed by atoms with Crippen LogP contribution >= 0.6 is 0 Å². The van der Waals surface area contributed by atoms with Gasteiger partial charge in [0.05, 0.1) is 0 Å². The van der Waals surface area contributed by atoms with Crippen LogP contribution in [0.1, 0.15) is 52.4 Å². The molecule has 0 unspecified atom stereocenters. The Balaban J connectivity index is 0. The smallest absolute Gasteiger partial charge is 0.231 e. The lowest BCUT2D eigenvalue weighted by Crippen LogP contribution is -1.99. The number of isocyanates is 1. The molecule has 0 aliphatic rings. The number of rotatable bonds is 9. The molecule has 0 rings (SSSR count). The van der Waals surface area contributed by atoms with Crippen molar-refractivity contribution in [2.45, 2.75) is 58.4 Å². The zero-order chi connectivity index (χ0) is 11.8. The van der Waals surface area contributed by atoms with E-state index >= 15 is 0 Å². The van der Waals surface area contributed by atoms with Crippen molar-refractivity contribution < 1.29 is 9.22 Å². The van der Waals surface area contributed by atoms with E-state index in [1.165, 1.54) is 44.6 Å². The van der Waals surface area contributed by atoms with Crippen LogP contribution in [0.5, 0.6) is 0 Å². The van der Waals surface area contributed by atoms with E-state index < -0.39 is 0 Å². The summed E-state index contributed by atoms with van der Waals surface area (Å²) in [6.07, 6.45) is 8.85. The van der Waals surface area contributed by atoms with Gasteiger partial charge in [-0.2, -0.15) is 0 Å². The van der Waals surface area contributed by atoms with Crippen molar-refractivity contribution in [3.05, 3.63) is 0 Å². The van der Waals surface area contributed by atoms with Gasteiger partial charge in [0.2, 0.25) is 6.08 Å². The Hall–Kier alpha value is -0.443. The molecule has 0 amide bonds. The first-order valence-electron chi connectivity index (χ1n) is 5.95. The van der Waals surface area contributed by atoms with Gasteiger partial charge in [0.1, 0.15) is 0 Å². The highest BCUT2D eigenvalue weighted by Gasteiger charge is 1.90. The normalized spacial score (nSPS) is 9.73. The number of unbranched alkanes of at least 4 members (excludes halogenated alkanes) is 4. The summed E-state index contributed by atoms with van der Waals surface area (Å²) in [6.45, 7) is 5.50. The van der Waals surface area contributed by atoms with E-state index in [9.17, 15) is 0 Å². The zero-order valence-electron chi connectivity index (χ0n) is 10.2. The third kappa shape index (κ3) is 24.7. The molecular weight excluding hydrogens is 206 g/mol. The van der Waals surface area contributed by atoms with E-state index in [0.29, 0.717) is 0 Å². The Labute approximate surface area is 96.1 Å². The van der Waals surface area contributed by atoms with Gasteiger partial charge in [-0.15, -0.1) is 0 Å². The second kappa shape index (κ2) is 19.2. The molecule has 0 atom stereocenters. The maximum Gasteiger partial charge on any atom is 0.231 e. The maximum absolute atomic E-state index is 8.35. The van der Waals surface area contributed by atoms with Crippen molar-refractivity contribution in [1.82, 2.24) is 0 Å². The van der Waals surface area contributed by atoms with E-state index in [4.69, 9.17) is 14.6 Å². The molecule has 0 aromatic carbocycles. The van der Waals surface area contributed by atoms with E-state index in [1.807, 2.05) is 0 Å². The van der Waals surface area contributed by atoms with Gasteiger partial charge in [-0.1, -0.05) is 46.0 Å². The van der Waals surface area contributed by atoms with Gasteiger partial charge in [-0.3, -0.25) is 0 Å². The van der Waals surface area contributed by atoms with Crippen molar-refractivity contribution in [1.29, 1.82) is 5.41 Å². The largest absolute Gasteiger partial charge is 0.424 e. The Bertz CT molecular complexity index is 127. The average Bonchev–Trinajstić information content (AvgIpc) is 2.23. The summed E-state index contributed by atoms with van der Waals surface area (Å²) in [5.41, 5.74) is 0. The van der Waals surface area contributed by atoms with Crippen LogP contribution in [0.15, 0.2) is 0 Å². The van der Waals surface area contributed by atoms with Crippen LogP contribution < -0.4 is 0 Å². The fraction of sp³-hybridized carbons (Fsp3) is 0.909. The minimum atomic E-state index is -0.137. The Morgan fingerprint density at radius 2 is 1.73 bits per heavy atom. The van der Waals surface area contributed by atoms with E-state index in [2.05, 4.69) is 13.8 Å². The maximum atomic E-state index is 8.35. The summed E-state index contributed by atoms with van der Waals surface area (Å²) in [5.74, 6) is 0. The Morgan fingerprint density at radius 1 is 1.13 bits per heavy atom. The minimum Gasteiger partial charge on any atom is -0.424 e. The number of carbonyl (C=O) groups excluding carboxylic acids is 1. The van der Waals surface area contributed by atoms with E-state index in [-0.39, 0.29) is 9.76 Å². The molecule has 0 spiro atoms. The summed E-state index contributed by atoms with van der Waals surface area (Å²) in [5, 5.41) is 5.40. The first-order valence-corrected chi connectivity index (χ1v) is 7.52. The second-order valence-electron chi connectivity index (χ2n) is 3.48. The molecule has 0 aromatic rings. The summed E-state index contributed by atoms with van der Waals surface area (Å²) in [7, 11) is -0.137. The molecule has 0 heterocycles. The standard InChI is InChI=1S/C10H24OSi.CHNO/c1-3-5-7-8-10-12-11-9-6-4-2;2-1-3/h3-10,12H2,1-2H3;2H. The first kappa shape index (κ1) is 17.0. The molecule has 90 valence electrons. The summed E-state index contributed by atoms with van der Waals surface area (Å²) >= 11 is 0.